The van der Waals surface area contributed by atoms with E-state index in [2.05, 4.69) is 0 Å². The van der Waals surface area contributed by atoms with Crippen LogP contribution < -0.4 is 11.5 Å². The zero-order valence-corrected chi connectivity index (χ0v) is 11.8. The highest BCUT2D eigenvalue weighted by Gasteiger charge is 2.35. The molecule has 0 saturated carbocycles. The summed E-state index contributed by atoms with van der Waals surface area (Å²) in [6.45, 7) is 0.188. The molecule has 0 spiro atoms. The lowest BCUT2D eigenvalue weighted by molar-refractivity contribution is -0.121. The molecule has 1 aromatic rings. The van der Waals surface area contributed by atoms with Crippen molar-refractivity contribution in [3.05, 3.63) is 23.8 Å². The number of nitrogens with zero attached hydrogens (tertiary/aromatic N) is 1. The van der Waals surface area contributed by atoms with Gasteiger partial charge in [0, 0.05) is 13.1 Å². The summed E-state index contributed by atoms with van der Waals surface area (Å²) in [4.78, 5) is 21.8. The number of benzene rings is 1. The molecule has 0 aromatic heterocycles. The number of sulfonamides is 1. The minimum Gasteiger partial charge on any atom is -0.478 e. The Morgan fingerprint density at radius 1 is 1.33 bits per heavy atom. The van der Waals surface area contributed by atoms with Crippen LogP contribution in [0, 0.1) is 5.92 Å². The number of anilines is 1. The number of aromatic carboxylic acids is 1. The second-order valence-corrected chi connectivity index (χ2v) is 6.72. The van der Waals surface area contributed by atoms with Gasteiger partial charge >= 0.3 is 5.97 Å². The minimum atomic E-state index is -3.87. The molecular weight excluding hydrogens is 298 g/mol. The number of rotatable bonds is 4. The van der Waals surface area contributed by atoms with Gasteiger partial charge in [-0.25, -0.2) is 13.2 Å². The highest BCUT2D eigenvalue weighted by molar-refractivity contribution is 7.89. The number of carbonyl (C=O) groups is 2. The van der Waals surface area contributed by atoms with Gasteiger partial charge in [0.25, 0.3) is 0 Å². The third-order valence-corrected chi connectivity index (χ3v) is 5.37. The van der Waals surface area contributed by atoms with E-state index in [9.17, 15) is 18.0 Å². The maximum Gasteiger partial charge on any atom is 0.335 e. The van der Waals surface area contributed by atoms with E-state index < -0.39 is 27.8 Å². The van der Waals surface area contributed by atoms with E-state index >= 15 is 0 Å². The van der Waals surface area contributed by atoms with Crippen LogP contribution in [0.5, 0.6) is 0 Å². The van der Waals surface area contributed by atoms with Crippen LogP contribution in [0.1, 0.15) is 16.8 Å². The van der Waals surface area contributed by atoms with Gasteiger partial charge in [0.15, 0.2) is 0 Å². The number of amides is 1. The second-order valence-electron chi connectivity index (χ2n) is 4.81. The van der Waals surface area contributed by atoms with Crippen molar-refractivity contribution in [2.45, 2.75) is 11.3 Å². The van der Waals surface area contributed by atoms with E-state index in [-0.39, 0.29) is 29.2 Å². The highest BCUT2D eigenvalue weighted by atomic mass is 32.2. The van der Waals surface area contributed by atoms with Crippen molar-refractivity contribution >= 4 is 27.6 Å². The quantitative estimate of drug-likeness (QED) is 0.637. The van der Waals surface area contributed by atoms with Crippen molar-refractivity contribution in [3.8, 4) is 0 Å². The van der Waals surface area contributed by atoms with Gasteiger partial charge in [0.2, 0.25) is 15.9 Å². The first-order valence-corrected chi connectivity index (χ1v) is 7.59. The molecule has 1 unspecified atom stereocenters. The zero-order chi connectivity index (χ0) is 15.8. The molecule has 0 bridgehead atoms. The first-order chi connectivity index (χ1) is 9.73. The third kappa shape index (κ3) is 2.83. The van der Waals surface area contributed by atoms with E-state index in [1.807, 2.05) is 0 Å². The Morgan fingerprint density at radius 3 is 2.48 bits per heavy atom. The van der Waals surface area contributed by atoms with Gasteiger partial charge in [0.1, 0.15) is 4.90 Å². The first-order valence-electron chi connectivity index (χ1n) is 6.15. The Hall–Kier alpha value is -2.13. The van der Waals surface area contributed by atoms with E-state index in [0.717, 1.165) is 16.4 Å². The maximum atomic E-state index is 12.5. The van der Waals surface area contributed by atoms with Gasteiger partial charge in [0.05, 0.1) is 17.2 Å². The van der Waals surface area contributed by atoms with Crippen LogP contribution >= 0.6 is 0 Å². The second kappa shape index (κ2) is 5.34. The van der Waals surface area contributed by atoms with Crippen molar-refractivity contribution in [3.63, 3.8) is 0 Å². The Balaban J connectivity index is 2.33. The number of carboxylic acid groups (broad SMARTS) is 1. The van der Waals surface area contributed by atoms with Crippen LogP contribution in [0.15, 0.2) is 23.1 Å². The molecule has 114 valence electrons. The number of primary amides is 1. The SMILES string of the molecule is NC(=O)C1CCN(S(=O)(=O)c2ccc(C(=O)O)cc2N)C1. The fraction of sp³-hybridized carbons (Fsp3) is 0.333. The summed E-state index contributed by atoms with van der Waals surface area (Å²) >= 11 is 0. The van der Waals surface area contributed by atoms with Gasteiger partial charge in [-0.3, -0.25) is 4.79 Å². The molecule has 1 saturated heterocycles. The summed E-state index contributed by atoms with van der Waals surface area (Å²) in [6.07, 6.45) is 0.363. The minimum absolute atomic E-state index is 0.0117. The van der Waals surface area contributed by atoms with Crippen LogP contribution in [0.25, 0.3) is 0 Å². The van der Waals surface area contributed by atoms with Gasteiger partial charge < -0.3 is 16.6 Å². The standard InChI is InChI=1S/C12H15N3O5S/c13-9-5-7(12(17)18)1-2-10(9)21(19,20)15-4-3-8(6-15)11(14)16/h1-2,5,8H,3-4,6,13H2,(H2,14,16)(H,17,18). The van der Waals surface area contributed by atoms with Gasteiger partial charge in [-0.05, 0) is 24.6 Å². The lowest BCUT2D eigenvalue weighted by Gasteiger charge is -2.17. The Labute approximate surface area is 121 Å². The topological polar surface area (TPSA) is 144 Å². The number of nitrogen functional groups attached to an aromatic ring is 1. The van der Waals surface area contributed by atoms with Gasteiger partial charge in [-0.2, -0.15) is 4.31 Å². The lowest BCUT2D eigenvalue weighted by Crippen LogP contribution is -2.32. The molecule has 1 aromatic carbocycles. The zero-order valence-electron chi connectivity index (χ0n) is 11.0. The maximum absolute atomic E-state index is 12.5. The van der Waals surface area contributed by atoms with Crippen molar-refractivity contribution in [1.29, 1.82) is 0 Å². The molecule has 1 aliphatic heterocycles. The summed E-state index contributed by atoms with van der Waals surface area (Å²) in [5.41, 5.74) is 10.6. The van der Waals surface area contributed by atoms with E-state index in [1.54, 1.807) is 0 Å². The van der Waals surface area contributed by atoms with Gasteiger partial charge in [-0.15, -0.1) is 0 Å². The summed E-state index contributed by atoms with van der Waals surface area (Å²) in [5, 5.41) is 8.84. The van der Waals surface area contributed by atoms with Crippen molar-refractivity contribution in [1.82, 2.24) is 4.31 Å². The molecule has 1 fully saturated rings. The van der Waals surface area contributed by atoms with Crippen molar-refractivity contribution < 1.29 is 23.1 Å². The molecule has 1 atom stereocenters. The number of hydrogen-bond donors (Lipinski definition) is 3. The Bertz CT molecular complexity index is 701. The van der Waals surface area contributed by atoms with Crippen LogP contribution in [-0.4, -0.2) is 42.8 Å². The summed E-state index contributed by atoms with van der Waals surface area (Å²) in [6, 6.07) is 3.43. The molecular formula is C12H15N3O5S. The number of carbonyl (C=O) groups excluding carboxylic acids is 1. The number of carboxylic acids is 1. The first kappa shape index (κ1) is 15.3. The predicted molar refractivity (Wildman–Crippen MR) is 73.9 cm³/mol. The molecule has 1 heterocycles. The van der Waals surface area contributed by atoms with Crippen LogP contribution in [-0.2, 0) is 14.8 Å². The fourth-order valence-corrected chi connectivity index (χ4v) is 3.83. The summed E-state index contributed by atoms with van der Waals surface area (Å²) in [7, 11) is -3.87. The van der Waals surface area contributed by atoms with E-state index in [4.69, 9.17) is 16.6 Å². The molecule has 1 aliphatic rings. The lowest BCUT2D eigenvalue weighted by atomic mass is 10.1. The van der Waals surface area contributed by atoms with Crippen LogP contribution in [0.2, 0.25) is 0 Å². The third-order valence-electron chi connectivity index (χ3n) is 3.43. The highest BCUT2D eigenvalue weighted by Crippen LogP contribution is 2.28. The van der Waals surface area contributed by atoms with E-state index in [0.29, 0.717) is 6.42 Å². The number of hydrogen-bond acceptors (Lipinski definition) is 5. The summed E-state index contributed by atoms with van der Waals surface area (Å²) in [5.74, 6) is -2.25. The molecule has 0 radical (unpaired) electrons. The number of nitrogens with two attached hydrogens (primary N) is 2. The van der Waals surface area contributed by atoms with Crippen molar-refractivity contribution in [2.24, 2.45) is 11.7 Å². The average molecular weight is 313 g/mol. The Kier molecular flexibility index (Phi) is 3.88. The van der Waals surface area contributed by atoms with E-state index in [1.165, 1.54) is 6.07 Å². The van der Waals surface area contributed by atoms with Crippen molar-refractivity contribution in [2.75, 3.05) is 18.8 Å². The average Bonchev–Trinajstić information content (AvgIpc) is 2.88. The molecule has 5 N–H and O–H groups in total. The smallest absolute Gasteiger partial charge is 0.335 e. The van der Waals surface area contributed by atoms with Crippen LogP contribution in [0.3, 0.4) is 0 Å². The normalized spacial score (nSPS) is 19.5. The largest absolute Gasteiger partial charge is 0.478 e. The predicted octanol–water partition coefficient (Wildman–Crippen LogP) is -0.537. The summed E-state index contributed by atoms with van der Waals surface area (Å²) < 4.78 is 26.0. The fourth-order valence-electron chi connectivity index (χ4n) is 2.23. The molecule has 9 heteroatoms. The molecule has 1 amide bonds. The van der Waals surface area contributed by atoms with Gasteiger partial charge in [-0.1, -0.05) is 0 Å². The monoisotopic (exact) mass is 313 g/mol. The molecule has 21 heavy (non-hydrogen) atoms. The van der Waals surface area contributed by atoms with Crippen LogP contribution in [0.4, 0.5) is 5.69 Å². The molecule has 2 rings (SSSR count). The molecule has 0 aliphatic carbocycles. The Morgan fingerprint density at radius 2 is 2.00 bits per heavy atom. The molecule has 8 nitrogen and oxygen atoms in total.